The third-order valence-electron chi connectivity index (χ3n) is 6.59. The Hall–Kier alpha value is -1.19. The van der Waals surface area contributed by atoms with E-state index in [1.165, 1.54) is 32.1 Å². The second-order valence-electron chi connectivity index (χ2n) is 8.90. The van der Waals surface area contributed by atoms with Gasteiger partial charge >= 0.3 is 0 Å². The molecule has 0 aromatic carbocycles. The van der Waals surface area contributed by atoms with E-state index in [4.69, 9.17) is 0 Å². The van der Waals surface area contributed by atoms with Crippen molar-refractivity contribution >= 4 is 21.7 Å². The number of hydrogen-bond donors (Lipinski definition) is 2. The van der Waals surface area contributed by atoms with Crippen LogP contribution in [-0.4, -0.2) is 92.9 Å². The number of carbonyl (C=O) groups excluding carboxylic acids is 2. The Bertz CT molecular complexity index is 670. The van der Waals surface area contributed by atoms with Crippen molar-refractivity contribution in [1.82, 2.24) is 20.4 Å². The molecule has 3 rings (SSSR count). The van der Waals surface area contributed by atoms with Crippen LogP contribution in [0, 0.1) is 5.92 Å². The lowest BCUT2D eigenvalue weighted by molar-refractivity contribution is -0.128. The highest BCUT2D eigenvalue weighted by atomic mass is 32.2. The number of amides is 2. The SMILES string of the molecule is C[C@@H](C(=O)NCC1CCCCC1)N1CCN(CC(=O)N[C@@H]2CCS(=O)(=O)C2)CC1. The molecule has 0 bridgehead atoms. The lowest BCUT2D eigenvalue weighted by Gasteiger charge is -2.37. The highest BCUT2D eigenvalue weighted by Gasteiger charge is 2.30. The van der Waals surface area contributed by atoms with E-state index in [1.54, 1.807) is 0 Å². The number of hydrogen-bond acceptors (Lipinski definition) is 6. The molecule has 29 heavy (non-hydrogen) atoms. The summed E-state index contributed by atoms with van der Waals surface area (Å²) < 4.78 is 23.0. The summed E-state index contributed by atoms with van der Waals surface area (Å²) in [6, 6.07) is -0.403. The predicted molar refractivity (Wildman–Crippen MR) is 112 cm³/mol. The van der Waals surface area contributed by atoms with Crippen LogP contribution >= 0.6 is 0 Å². The molecule has 2 aliphatic heterocycles. The van der Waals surface area contributed by atoms with Crippen LogP contribution in [0.4, 0.5) is 0 Å². The fourth-order valence-electron chi connectivity index (χ4n) is 4.64. The zero-order valence-electron chi connectivity index (χ0n) is 17.6. The molecule has 3 fully saturated rings. The number of nitrogens with zero attached hydrogens (tertiary/aromatic N) is 2. The molecule has 2 atom stereocenters. The minimum absolute atomic E-state index is 0.0556. The molecule has 166 valence electrons. The maximum absolute atomic E-state index is 12.5. The Morgan fingerprint density at radius 1 is 1.03 bits per heavy atom. The van der Waals surface area contributed by atoms with Crippen LogP contribution in [-0.2, 0) is 19.4 Å². The van der Waals surface area contributed by atoms with E-state index in [-0.39, 0.29) is 41.9 Å². The second-order valence-corrected chi connectivity index (χ2v) is 11.1. The van der Waals surface area contributed by atoms with Crippen molar-refractivity contribution < 1.29 is 18.0 Å². The first-order valence-electron chi connectivity index (χ1n) is 11.1. The molecule has 2 amide bonds. The van der Waals surface area contributed by atoms with Crippen molar-refractivity contribution in [2.45, 2.75) is 57.5 Å². The predicted octanol–water partition coefficient (Wildman–Crippen LogP) is -0.00770. The van der Waals surface area contributed by atoms with Crippen molar-refractivity contribution in [2.24, 2.45) is 5.92 Å². The van der Waals surface area contributed by atoms with Crippen molar-refractivity contribution in [3.05, 3.63) is 0 Å². The fourth-order valence-corrected chi connectivity index (χ4v) is 6.32. The summed E-state index contributed by atoms with van der Waals surface area (Å²) in [5.41, 5.74) is 0. The summed E-state index contributed by atoms with van der Waals surface area (Å²) in [5.74, 6) is 0.838. The van der Waals surface area contributed by atoms with E-state index in [9.17, 15) is 18.0 Å². The molecule has 1 saturated carbocycles. The number of piperazine rings is 1. The largest absolute Gasteiger partial charge is 0.354 e. The molecule has 0 spiro atoms. The van der Waals surface area contributed by atoms with E-state index >= 15 is 0 Å². The molecule has 2 saturated heterocycles. The molecular formula is C20H36N4O4S. The fraction of sp³-hybridized carbons (Fsp3) is 0.900. The Morgan fingerprint density at radius 2 is 1.72 bits per heavy atom. The van der Waals surface area contributed by atoms with Gasteiger partial charge in [-0.15, -0.1) is 0 Å². The van der Waals surface area contributed by atoms with Crippen LogP contribution in [0.2, 0.25) is 0 Å². The van der Waals surface area contributed by atoms with Crippen molar-refractivity contribution in [3.63, 3.8) is 0 Å². The maximum Gasteiger partial charge on any atom is 0.237 e. The normalized spacial score (nSPS) is 27.4. The minimum Gasteiger partial charge on any atom is -0.354 e. The standard InChI is InChI=1S/C20H36N4O4S/c1-16(20(26)21-13-17-5-3-2-4-6-17)24-10-8-23(9-11-24)14-19(25)22-18-7-12-29(27,28)15-18/h16-18H,2-15H2,1H3,(H,21,26)(H,22,25)/t16-,18+/m0/s1. The van der Waals surface area contributed by atoms with Crippen molar-refractivity contribution in [1.29, 1.82) is 0 Å². The molecule has 0 radical (unpaired) electrons. The molecule has 0 unspecified atom stereocenters. The molecule has 0 aromatic heterocycles. The molecule has 3 aliphatic rings. The van der Waals surface area contributed by atoms with Gasteiger partial charge in [0.1, 0.15) is 0 Å². The Balaban J connectivity index is 1.33. The number of carbonyl (C=O) groups is 2. The molecule has 2 N–H and O–H groups in total. The van der Waals surface area contributed by atoms with E-state index < -0.39 is 9.84 Å². The van der Waals surface area contributed by atoms with Crippen LogP contribution in [0.3, 0.4) is 0 Å². The number of sulfone groups is 1. The summed E-state index contributed by atoms with van der Waals surface area (Å²) in [5, 5.41) is 5.98. The van der Waals surface area contributed by atoms with Crippen LogP contribution < -0.4 is 10.6 Å². The second kappa shape index (κ2) is 10.2. The smallest absolute Gasteiger partial charge is 0.237 e. The van der Waals surface area contributed by atoms with Gasteiger partial charge < -0.3 is 10.6 Å². The van der Waals surface area contributed by atoms with Crippen molar-refractivity contribution in [2.75, 3.05) is 50.8 Å². The van der Waals surface area contributed by atoms with Gasteiger partial charge in [0.2, 0.25) is 11.8 Å². The maximum atomic E-state index is 12.5. The minimum atomic E-state index is -2.98. The van der Waals surface area contributed by atoms with Crippen LogP contribution in [0.15, 0.2) is 0 Å². The highest BCUT2D eigenvalue weighted by Crippen LogP contribution is 2.22. The average Bonchev–Trinajstić information content (AvgIpc) is 3.05. The molecule has 2 heterocycles. The Kier molecular flexibility index (Phi) is 7.92. The van der Waals surface area contributed by atoms with Gasteiger partial charge in [-0.3, -0.25) is 19.4 Å². The first kappa shape index (κ1) is 22.5. The van der Waals surface area contributed by atoms with Gasteiger partial charge in [0, 0.05) is 38.8 Å². The zero-order valence-corrected chi connectivity index (χ0v) is 18.4. The van der Waals surface area contributed by atoms with Crippen molar-refractivity contribution in [3.8, 4) is 0 Å². The van der Waals surface area contributed by atoms with Crippen LogP contribution in [0.25, 0.3) is 0 Å². The van der Waals surface area contributed by atoms with Gasteiger partial charge in [0.05, 0.1) is 24.1 Å². The third kappa shape index (κ3) is 6.93. The molecule has 0 aromatic rings. The van der Waals surface area contributed by atoms with Gasteiger partial charge in [0.25, 0.3) is 0 Å². The van der Waals surface area contributed by atoms with Crippen LogP contribution in [0.5, 0.6) is 0 Å². The lowest BCUT2D eigenvalue weighted by Crippen LogP contribution is -2.55. The quantitative estimate of drug-likeness (QED) is 0.592. The van der Waals surface area contributed by atoms with E-state index in [1.807, 2.05) is 6.92 Å². The third-order valence-corrected chi connectivity index (χ3v) is 8.36. The van der Waals surface area contributed by atoms with E-state index in [2.05, 4.69) is 20.4 Å². The van der Waals surface area contributed by atoms with Gasteiger partial charge in [-0.2, -0.15) is 0 Å². The Morgan fingerprint density at radius 3 is 2.34 bits per heavy atom. The average molecular weight is 429 g/mol. The number of rotatable bonds is 7. The van der Waals surface area contributed by atoms with Gasteiger partial charge in [-0.1, -0.05) is 19.3 Å². The van der Waals surface area contributed by atoms with Gasteiger partial charge in [-0.05, 0) is 32.1 Å². The van der Waals surface area contributed by atoms with Gasteiger partial charge in [0.15, 0.2) is 9.84 Å². The summed E-state index contributed by atoms with van der Waals surface area (Å²) in [6.07, 6.45) is 6.84. The molecular weight excluding hydrogens is 392 g/mol. The number of nitrogens with one attached hydrogen (secondary N) is 2. The Labute approximate surface area is 174 Å². The van der Waals surface area contributed by atoms with E-state index in [0.29, 0.717) is 12.3 Å². The lowest BCUT2D eigenvalue weighted by atomic mass is 9.89. The summed E-state index contributed by atoms with van der Waals surface area (Å²) in [4.78, 5) is 29.0. The molecule has 1 aliphatic carbocycles. The summed E-state index contributed by atoms with van der Waals surface area (Å²) in [7, 11) is -2.98. The van der Waals surface area contributed by atoms with E-state index in [0.717, 1.165) is 32.7 Å². The first-order valence-corrected chi connectivity index (χ1v) is 12.9. The zero-order chi connectivity index (χ0) is 20.9. The summed E-state index contributed by atoms with van der Waals surface area (Å²) >= 11 is 0. The highest BCUT2D eigenvalue weighted by molar-refractivity contribution is 7.91. The monoisotopic (exact) mass is 428 g/mol. The van der Waals surface area contributed by atoms with Crippen LogP contribution in [0.1, 0.15) is 45.4 Å². The molecule has 8 nitrogen and oxygen atoms in total. The van der Waals surface area contributed by atoms with Gasteiger partial charge in [-0.25, -0.2) is 8.42 Å². The molecule has 9 heteroatoms. The summed E-state index contributed by atoms with van der Waals surface area (Å²) in [6.45, 7) is 6.01. The first-order chi connectivity index (χ1) is 13.8. The topological polar surface area (TPSA) is 98.8 Å².